The van der Waals surface area contributed by atoms with Crippen molar-refractivity contribution in [3.63, 3.8) is 0 Å². The second-order valence-corrected chi connectivity index (χ2v) is 14.3. The molecule has 0 radical (unpaired) electrons. The molecule has 2 N–H and O–H groups in total. The summed E-state index contributed by atoms with van der Waals surface area (Å²) in [7, 11) is -3.89. The minimum absolute atomic E-state index is 0.0448. The summed E-state index contributed by atoms with van der Waals surface area (Å²) in [6.45, 7) is 0.656. The van der Waals surface area contributed by atoms with Gasteiger partial charge in [0, 0.05) is 46.1 Å². The number of aromatic nitrogens is 2. The third-order valence-corrected chi connectivity index (χ3v) is 10.9. The van der Waals surface area contributed by atoms with Gasteiger partial charge in [-0.05, 0) is 90.9 Å². The number of furan rings is 1. The van der Waals surface area contributed by atoms with E-state index in [0.29, 0.717) is 42.0 Å². The molecule has 1 aliphatic heterocycles. The summed E-state index contributed by atoms with van der Waals surface area (Å²) in [5.74, 6) is -0.898. The van der Waals surface area contributed by atoms with Crippen LogP contribution in [0.3, 0.4) is 0 Å². The van der Waals surface area contributed by atoms with Crippen LogP contribution in [0.1, 0.15) is 76.5 Å². The summed E-state index contributed by atoms with van der Waals surface area (Å²) in [5.41, 5.74) is 10.7. The van der Waals surface area contributed by atoms with Crippen molar-refractivity contribution in [3.8, 4) is 0 Å². The van der Waals surface area contributed by atoms with E-state index in [0.717, 1.165) is 40.4 Å². The van der Waals surface area contributed by atoms with Crippen molar-refractivity contribution in [1.82, 2.24) is 14.1 Å². The summed E-state index contributed by atoms with van der Waals surface area (Å²) < 4.78 is 35.5. The topological polar surface area (TPSA) is 111 Å². The number of hydrogen-bond donors (Lipinski definition) is 1. The number of nitrogens with zero attached hydrogens (tertiary/aromatic N) is 3. The maximum Gasteiger partial charge on any atom is 0.284 e. The van der Waals surface area contributed by atoms with E-state index in [2.05, 4.69) is 47.1 Å². The second kappa shape index (κ2) is 11.4. The molecule has 7 rings (SSSR count). The van der Waals surface area contributed by atoms with E-state index >= 15 is 0 Å². The third kappa shape index (κ3) is 5.43. The predicted octanol–water partition coefficient (Wildman–Crippen LogP) is 7.12. The lowest BCUT2D eigenvalue weighted by Crippen LogP contribution is -2.38. The zero-order valence-corrected chi connectivity index (χ0v) is 26.0. The quantitative estimate of drug-likeness (QED) is 0.180. The number of carbonyl (C=O) groups is 1. The Hall–Kier alpha value is -3.63. The standard InChI is InChI=1S/C33H30Cl2N4O4S/c34-24-6-1-20(2-7-24)31(21-3-8-25(35)9-4-21)23-5-12-28-27(19-23)32(39(37-28)26-10-11-26)22-15-17-38(18-16-22)44(41,42)30-14-13-29(43-30)33(36)40/h1-9,12-14,19,22,26,31H,10-11,15-18H2,(H2,36,40). The summed E-state index contributed by atoms with van der Waals surface area (Å²) in [6.07, 6.45) is 3.44. The zero-order valence-electron chi connectivity index (χ0n) is 23.7. The van der Waals surface area contributed by atoms with Gasteiger partial charge in [0.15, 0.2) is 5.76 Å². The van der Waals surface area contributed by atoms with Crippen LogP contribution in [0.2, 0.25) is 10.0 Å². The summed E-state index contributed by atoms with van der Waals surface area (Å²) in [6, 6.07) is 25.3. The molecule has 1 saturated heterocycles. The van der Waals surface area contributed by atoms with Crippen LogP contribution in [-0.4, -0.2) is 41.5 Å². The first-order valence-electron chi connectivity index (χ1n) is 14.6. The number of rotatable bonds is 8. The van der Waals surface area contributed by atoms with Crippen LogP contribution in [0.5, 0.6) is 0 Å². The molecule has 44 heavy (non-hydrogen) atoms. The Balaban J connectivity index is 1.24. The first-order valence-corrected chi connectivity index (χ1v) is 16.8. The Bertz CT molecular complexity index is 1910. The number of amides is 1. The van der Waals surface area contributed by atoms with Gasteiger partial charge in [-0.2, -0.15) is 9.40 Å². The van der Waals surface area contributed by atoms with E-state index in [1.165, 1.54) is 22.1 Å². The zero-order chi connectivity index (χ0) is 30.6. The average Bonchev–Trinajstić information content (AvgIpc) is 3.60. The van der Waals surface area contributed by atoms with E-state index in [1.54, 1.807) is 0 Å². The molecule has 1 aliphatic carbocycles. The molecule has 2 aliphatic rings. The molecule has 0 unspecified atom stereocenters. The molecule has 1 amide bonds. The lowest BCUT2D eigenvalue weighted by atomic mass is 9.84. The molecule has 2 aromatic heterocycles. The van der Waals surface area contributed by atoms with Gasteiger partial charge in [0.1, 0.15) is 0 Å². The van der Waals surface area contributed by atoms with Crippen LogP contribution >= 0.6 is 23.2 Å². The Labute approximate surface area is 265 Å². The number of carbonyl (C=O) groups excluding carboxylic acids is 1. The molecule has 11 heteroatoms. The monoisotopic (exact) mass is 648 g/mol. The number of halogens is 2. The van der Waals surface area contributed by atoms with Crippen molar-refractivity contribution in [2.75, 3.05) is 13.1 Å². The van der Waals surface area contributed by atoms with Gasteiger partial charge in [-0.25, -0.2) is 8.42 Å². The van der Waals surface area contributed by atoms with Gasteiger partial charge in [-0.3, -0.25) is 9.48 Å². The van der Waals surface area contributed by atoms with Gasteiger partial charge in [0.25, 0.3) is 15.9 Å². The molecule has 3 aromatic carbocycles. The number of nitrogens with two attached hydrogens (primary N) is 1. The average molecular weight is 650 g/mol. The smallest absolute Gasteiger partial charge is 0.284 e. The van der Waals surface area contributed by atoms with E-state index in [9.17, 15) is 13.2 Å². The number of benzene rings is 3. The van der Waals surface area contributed by atoms with Gasteiger partial charge in [0.05, 0.1) is 11.6 Å². The Morgan fingerprint density at radius 1 is 0.841 bits per heavy atom. The van der Waals surface area contributed by atoms with Crippen LogP contribution < -0.4 is 5.73 Å². The van der Waals surface area contributed by atoms with Gasteiger partial charge < -0.3 is 10.2 Å². The normalized spacial score (nSPS) is 16.6. The molecule has 0 bridgehead atoms. The largest absolute Gasteiger partial charge is 0.438 e. The lowest BCUT2D eigenvalue weighted by molar-refractivity contribution is 0.0968. The first kappa shape index (κ1) is 29.1. The van der Waals surface area contributed by atoms with Crippen molar-refractivity contribution in [3.05, 3.63) is 117 Å². The minimum atomic E-state index is -3.89. The van der Waals surface area contributed by atoms with Crippen LogP contribution in [0.25, 0.3) is 10.9 Å². The van der Waals surface area contributed by atoms with E-state index < -0.39 is 15.9 Å². The Morgan fingerprint density at radius 3 is 1.98 bits per heavy atom. The molecule has 0 atom stereocenters. The maximum atomic E-state index is 13.3. The molecule has 2 fully saturated rings. The van der Waals surface area contributed by atoms with Gasteiger partial charge in [-0.15, -0.1) is 0 Å². The van der Waals surface area contributed by atoms with E-state index in [4.69, 9.17) is 38.5 Å². The SMILES string of the molecule is NC(=O)c1ccc(S(=O)(=O)N2CCC(c3c4cc(C(c5ccc(Cl)cc5)c5ccc(Cl)cc5)ccc4nn3C3CC3)CC2)o1. The van der Waals surface area contributed by atoms with E-state index in [-0.39, 0.29) is 22.7 Å². The highest BCUT2D eigenvalue weighted by Gasteiger charge is 2.37. The van der Waals surface area contributed by atoms with Crippen LogP contribution in [0.15, 0.2) is 88.4 Å². The number of fused-ring (bicyclic) bond motifs is 1. The van der Waals surface area contributed by atoms with Crippen LogP contribution in [-0.2, 0) is 10.0 Å². The highest BCUT2D eigenvalue weighted by molar-refractivity contribution is 7.89. The Morgan fingerprint density at radius 2 is 1.43 bits per heavy atom. The van der Waals surface area contributed by atoms with Crippen molar-refractivity contribution in [1.29, 1.82) is 0 Å². The van der Waals surface area contributed by atoms with E-state index in [1.807, 2.05) is 24.3 Å². The molecular weight excluding hydrogens is 619 g/mol. The van der Waals surface area contributed by atoms with Gasteiger partial charge >= 0.3 is 0 Å². The Kier molecular flexibility index (Phi) is 7.53. The van der Waals surface area contributed by atoms with Crippen LogP contribution in [0, 0.1) is 0 Å². The fourth-order valence-corrected chi connectivity index (χ4v) is 7.93. The van der Waals surface area contributed by atoms with Crippen molar-refractivity contribution in [2.45, 2.75) is 48.7 Å². The number of piperidine rings is 1. The fraction of sp³-hybridized carbons (Fsp3) is 0.273. The molecule has 226 valence electrons. The molecule has 8 nitrogen and oxygen atoms in total. The van der Waals surface area contributed by atoms with Crippen molar-refractivity contribution < 1.29 is 17.6 Å². The van der Waals surface area contributed by atoms with Gasteiger partial charge in [-0.1, -0.05) is 53.5 Å². The molecular formula is C33H30Cl2N4O4S. The number of hydrogen-bond acceptors (Lipinski definition) is 5. The summed E-state index contributed by atoms with van der Waals surface area (Å²) in [5, 5.41) is 7.24. The molecule has 3 heterocycles. The first-order chi connectivity index (χ1) is 21.2. The second-order valence-electron chi connectivity index (χ2n) is 11.5. The van der Waals surface area contributed by atoms with Gasteiger partial charge in [0.2, 0.25) is 5.09 Å². The number of primary amides is 1. The van der Waals surface area contributed by atoms with Crippen LogP contribution in [0.4, 0.5) is 0 Å². The lowest BCUT2D eigenvalue weighted by Gasteiger charge is -2.31. The molecule has 1 saturated carbocycles. The van der Waals surface area contributed by atoms with Crippen molar-refractivity contribution in [2.24, 2.45) is 5.73 Å². The third-order valence-electron chi connectivity index (χ3n) is 8.65. The number of sulfonamides is 1. The van der Waals surface area contributed by atoms with Crippen molar-refractivity contribution >= 4 is 50.0 Å². The highest BCUT2D eigenvalue weighted by Crippen LogP contribution is 2.44. The highest BCUT2D eigenvalue weighted by atomic mass is 35.5. The summed E-state index contributed by atoms with van der Waals surface area (Å²) in [4.78, 5) is 11.4. The summed E-state index contributed by atoms with van der Waals surface area (Å²) >= 11 is 12.5. The predicted molar refractivity (Wildman–Crippen MR) is 170 cm³/mol. The minimum Gasteiger partial charge on any atom is -0.438 e. The molecule has 5 aromatic rings. The maximum absolute atomic E-state index is 13.3. The fourth-order valence-electron chi connectivity index (χ4n) is 6.30. The molecule has 0 spiro atoms.